The van der Waals surface area contributed by atoms with Crippen LogP contribution in [0.3, 0.4) is 0 Å². The zero-order valence-electron chi connectivity index (χ0n) is 23.9. The maximum Gasteiger partial charge on any atom is 0.307 e. The molecule has 5 rings (SSSR count). The minimum atomic E-state index is -0.843. The van der Waals surface area contributed by atoms with Crippen molar-refractivity contribution in [2.75, 3.05) is 27.3 Å². The Labute approximate surface area is 252 Å². The lowest BCUT2D eigenvalue weighted by molar-refractivity contribution is -0.136. The average Bonchev–Trinajstić information content (AvgIpc) is 3.41. The number of aliphatic carboxylic acids is 1. The van der Waals surface area contributed by atoms with E-state index in [4.69, 9.17) is 19.0 Å². The minimum Gasteiger partial charge on any atom is -0.497 e. The molecule has 0 aliphatic rings. The monoisotopic (exact) mass is 585 g/mol. The van der Waals surface area contributed by atoms with Gasteiger partial charge in [-0.1, -0.05) is 72.8 Å². The highest BCUT2D eigenvalue weighted by Crippen LogP contribution is 2.30. The summed E-state index contributed by atoms with van der Waals surface area (Å²) in [7, 11) is 3.34. The number of carbonyl (C=O) groups is 1. The van der Waals surface area contributed by atoms with Gasteiger partial charge in [0.2, 0.25) is 0 Å². The highest BCUT2D eigenvalue weighted by molar-refractivity contribution is 5.85. The zero-order valence-corrected chi connectivity index (χ0v) is 24.7. The minimum absolute atomic E-state index is 0. The van der Waals surface area contributed by atoms with Crippen LogP contribution in [0, 0.1) is 0 Å². The number of hydrogen-bond acceptors (Lipinski definition) is 5. The van der Waals surface area contributed by atoms with Gasteiger partial charge < -0.3 is 19.0 Å². The SMILES string of the molecule is COc1ccc(CN(CCc2cc3cc(CC(=O)O)ccc3o2)CC(c2ccccc2)c2ccccc2)c(OC)c1.Cl. The second-order valence-electron chi connectivity index (χ2n) is 10.2. The number of rotatable bonds is 13. The maximum atomic E-state index is 11.2. The molecule has 7 heteroatoms. The Balaban J connectivity index is 0.00000405. The van der Waals surface area contributed by atoms with E-state index < -0.39 is 5.97 Å². The Morgan fingerprint density at radius 3 is 2.17 bits per heavy atom. The summed E-state index contributed by atoms with van der Waals surface area (Å²) in [6, 6.07) is 34.8. The molecule has 0 saturated heterocycles. The van der Waals surface area contributed by atoms with Gasteiger partial charge in [-0.3, -0.25) is 9.69 Å². The van der Waals surface area contributed by atoms with Crippen LogP contribution in [0.5, 0.6) is 11.5 Å². The Morgan fingerprint density at radius 2 is 1.55 bits per heavy atom. The number of ether oxygens (including phenoxy) is 2. The van der Waals surface area contributed by atoms with Gasteiger partial charge in [0.15, 0.2) is 0 Å². The van der Waals surface area contributed by atoms with Crippen molar-refractivity contribution in [1.82, 2.24) is 4.90 Å². The van der Waals surface area contributed by atoms with E-state index in [2.05, 4.69) is 71.6 Å². The molecule has 0 amide bonds. The van der Waals surface area contributed by atoms with Crippen LogP contribution in [-0.4, -0.2) is 43.3 Å². The van der Waals surface area contributed by atoms with E-state index in [0.29, 0.717) is 13.0 Å². The van der Waals surface area contributed by atoms with Gasteiger partial charge in [0.05, 0.1) is 20.6 Å². The van der Waals surface area contributed by atoms with Crippen molar-refractivity contribution >= 4 is 29.3 Å². The summed E-state index contributed by atoms with van der Waals surface area (Å²) in [5.74, 6) is 1.75. The fourth-order valence-corrected chi connectivity index (χ4v) is 5.31. The quantitative estimate of drug-likeness (QED) is 0.155. The normalized spacial score (nSPS) is 11.0. The lowest BCUT2D eigenvalue weighted by Crippen LogP contribution is -2.31. The molecule has 0 bridgehead atoms. The molecule has 0 fully saturated rings. The summed E-state index contributed by atoms with van der Waals surface area (Å²) in [5, 5.41) is 10.1. The number of methoxy groups -OCH3 is 2. The smallest absolute Gasteiger partial charge is 0.307 e. The predicted molar refractivity (Wildman–Crippen MR) is 168 cm³/mol. The van der Waals surface area contributed by atoms with Crippen LogP contribution in [0.4, 0.5) is 0 Å². The lowest BCUT2D eigenvalue weighted by Gasteiger charge is -2.29. The van der Waals surface area contributed by atoms with Gasteiger partial charge in [-0.25, -0.2) is 0 Å². The number of carboxylic acids is 1. The van der Waals surface area contributed by atoms with Crippen LogP contribution in [0.2, 0.25) is 0 Å². The topological polar surface area (TPSA) is 72.1 Å². The molecule has 42 heavy (non-hydrogen) atoms. The van der Waals surface area contributed by atoms with Gasteiger partial charge >= 0.3 is 5.97 Å². The third-order valence-electron chi connectivity index (χ3n) is 7.39. The second-order valence-corrected chi connectivity index (χ2v) is 10.2. The molecular formula is C35H36ClNO5. The standard InChI is InChI=1S/C35H35NO5.ClH/c1-39-30-15-14-28(34(22-30)40-2)23-36(24-32(26-9-5-3-6-10-26)27-11-7-4-8-12-27)18-17-31-21-29-19-25(20-35(37)38)13-16-33(29)41-31;/h3-16,19,21-22,32H,17-18,20,23-24H2,1-2H3,(H,37,38);1H. The summed E-state index contributed by atoms with van der Waals surface area (Å²) in [6.07, 6.45) is 0.700. The number of benzene rings is 4. The molecule has 0 spiro atoms. The van der Waals surface area contributed by atoms with Gasteiger partial charge in [0, 0.05) is 49.0 Å². The van der Waals surface area contributed by atoms with Crippen LogP contribution in [0.1, 0.15) is 33.9 Å². The number of nitrogens with zero attached hydrogens (tertiary/aromatic N) is 1. The zero-order chi connectivity index (χ0) is 28.6. The first-order chi connectivity index (χ1) is 20.0. The van der Waals surface area contributed by atoms with Gasteiger partial charge in [0.25, 0.3) is 0 Å². The Kier molecular flexibility index (Phi) is 10.7. The molecule has 0 unspecified atom stereocenters. The first-order valence-corrected chi connectivity index (χ1v) is 13.8. The Bertz CT molecular complexity index is 1550. The predicted octanol–water partition coefficient (Wildman–Crippen LogP) is 7.38. The van der Waals surface area contributed by atoms with E-state index in [1.807, 2.05) is 36.4 Å². The molecule has 0 aliphatic heterocycles. The van der Waals surface area contributed by atoms with Crippen LogP contribution < -0.4 is 9.47 Å². The van der Waals surface area contributed by atoms with Crippen LogP contribution in [0.25, 0.3) is 11.0 Å². The third kappa shape index (κ3) is 7.72. The maximum absolute atomic E-state index is 11.2. The molecule has 4 aromatic carbocycles. The summed E-state index contributed by atoms with van der Waals surface area (Å²) in [6.45, 7) is 2.24. The van der Waals surface area contributed by atoms with E-state index in [-0.39, 0.29) is 24.7 Å². The van der Waals surface area contributed by atoms with Crippen molar-refractivity contribution < 1.29 is 23.8 Å². The van der Waals surface area contributed by atoms with Gasteiger partial charge in [-0.05, 0) is 41.0 Å². The van der Waals surface area contributed by atoms with E-state index in [1.165, 1.54) is 11.1 Å². The fourth-order valence-electron chi connectivity index (χ4n) is 5.31. The van der Waals surface area contributed by atoms with E-state index >= 15 is 0 Å². The van der Waals surface area contributed by atoms with Crippen molar-refractivity contribution in [2.45, 2.75) is 25.3 Å². The van der Waals surface area contributed by atoms with Crippen LogP contribution >= 0.6 is 12.4 Å². The van der Waals surface area contributed by atoms with Gasteiger partial charge in [-0.2, -0.15) is 0 Å². The van der Waals surface area contributed by atoms with Crippen LogP contribution in [-0.2, 0) is 24.2 Å². The highest BCUT2D eigenvalue weighted by Gasteiger charge is 2.20. The van der Waals surface area contributed by atoms with E-state index in [0.717, 1.165) is 52.4 Å². The first-order valence-electron chi connectivity index (χ1n) is 13.8. The molecule has 0 radical (unpaired) electrons. The van der Waals surface area contributed by atoms with Gasteiger partial charge in [-0.15, -0.1) is 12.4 Å². The molecule has 1 aromatic heterocycles. The number of hydrogen-bond donors (Lipinski definition) is 1. The molecule has 1 N–H and O–H groups in total. The average molecular weight is 586 g/mol. The van der Waals surface area contributed by atoms with E-state index in [1.54, 1.807) is 14.2 Å². The molecule has 218 valence electrons. The summed E-state index contributed by atoms with van der Waals surface area (Å²) < 4.78 is 17.3. The molecule has 0 atom stereocenters. The lowest BCUT2D eigenvalue weighted by atomic mass is 9.90. The molecule has 1 heterocycles. The summed E-state index contributed by atoms with van der Waals surface area (Å²) >= 11 is 0. The number of fused-ring (bicyclic) bond motifs is 1. The van der Waals surface area contributed by atoms with Crippen molar-refractivity contribution in [3.63, 3.8) is 0 Å². The Hall–Kier alpha value is -4.26. The van der Waals surface area contributed by atoms with Crippen molar-refractivity contribution in [1.29, 1.82) is 0 Å². The molecule has 6 nitrogen and oxygen atoms in total. The van der Waals surface area contributed by atoms with Crippen LogP contribution in [0.15, 0.2) is 108 Å². The molecule has 0 saturated carbocycles. The molecule has 5 aromatic rings. The van der Waals surface area contributed by atoms with Gasteiger partial charge in [0.1, 0.15) is 22.8 Å². The number of furan rings is 1. The van der Waals surface area contributed by atoms with Crippen molar-refractivity contribution in [2.24, 2.45) is 0 Å². The number of halogens is 1. The van der Waals surface area contributed by atoms with E-state index in [9.17, 15) is 4.79 Å². The second kappa shape index (κ2) is 14.6. The Morgan fingerprint density at radius 1 is 0.857 bits per heavy atom. The highest BCUT2D eigenvalue weighted by atomic mass is 35.5. The number of carboxylic acid groups (broad SMARTS) is 1. The third-order valence-corrected chi connectivity index (χ3v) is 7.39. The summed E-state index contributed by atoms with van der Waals surface area (Å²) in [4.78, 5) is 13.6. The first kappa shape index (κ1) is 30.7. The van der Waals surface area contributed by atoms with Crippen molar-refractivity contribution in [3.8, 4) is 11.5 Å². The van der Waals surface area contributed by atoms with Crippen molar-refractivity contribution in [3.05, 3.63) is 131 Å². The fraction of sp³-hybridized carbons (Fsp3) is 0.229. The molecule has 0 aliphatic carbocycles. The molecular weight excluding hydrogens is 550 g/mol. The summed E-state index contributed by atoms with van der Waals surface area (Å²) in [5.41, 5.74) is 5.14. The largest absolute Gasteiger partial charge is 0.497 e.